The lowest BCUT2D eigenvalue weighted by Gasteiger charge is -2.10. The summed E-state index contributed by atoms with van der Waals surface area (Å²) in [7, 11) is 0. The largest absolute Gasteiger partial charge is 0.384 e. The molecule has 1 aromatic heterocycles. The lowest BCUT2D eigenvalue weighted by molar-refractivity contribution is 0.606. The van der Waals surface area contributed by atoms with Gasteiger partial charge in [-0.25, -0.2) is 0 Å². The maximum atomic E-state index is 11.5. The van der Waals surface area contributed by atoms with E-state index < -0.39 is 0 Å². The van der Waals surface area contributed by atoms with Crippen molar-refractivity contribution in [3.8, 4) is 0 Å². The molecular formula is C13H22N2O. The van der Waals surface area contributed by atoms with Crippen molar-refractivity contribution in [2.45, 2.75) is 40.2 Å². The maximum absolute atomic E-state index is 11.5. The van der Waals surface area contributed by atoms with Crippen molar-refractivity contribution in [1.82, 2.24) is 4.57 Å². The van der Waals surface area contributed by atoms with Crippen LogP contribution < -0.4 is 10.9 Å². The van der Waals surface area contributed by atoms with Crippen molar-refractivity contribution in [3.05, 3.63) is 28.7 Å². The summed E-state index contributed by atoms with van der Waals surface area (Å²) in [5.41, 5.74) is 1.12. The fourth-order valence-electron chi connectivity index (χ4n) is 1.56. The number of anilines is 1. The lowest BCUT2D eigenvalue weighted by Crippen LogP contribution is -2.19. The molecule has 0 amide bonds. The first kappa shape index (κ1) is 12.8. The molecule has 0 atom stereocenters. The van der Waals surface area contributed by atoms with Crippen molar-refractivity contribution in [1.29, 1.82) is 0 Å². The van der Waals surface area contributed by atoms with Gasteiger partial charge in [0, 0.05) is 25.4 Å². The van der Waals surface area contributed by atoms with Crippen LogP contribution in [-0.4, -0.2) is 11.1 Å². The van der Waals surface area contributed by atoms with E-state index in [-0.39, 0.29) is 5.56 Å². The lowest BCUT2D eigenvalue weighted by atomic mass is 10.1. The molecule has 16 heavy (non-hydrogen) atoms. The Balaban J connectivity index is 2.60. The summed E-state index contributed by atoms with van der Waals surface area (Å²) in [5.74, 6) is 0.703. The zero-order valence-corrected chi connectivity index (χ0v) is 10.5. The summed E-state index contributed by atoms with van der Waals surface area (Å²) in [6.45, 7) is 8.24. The minimum Gasteiger partial charge on any atom is -0.384 e. The van der Waals surface area contributed by atoms with Crippen LogP contribution in [0.1, 0.15) is 33.6 Å². The van der Waals surface area contributed by atoms with Crippen LogP contribution in [0.15, 0.2) is 23.1 Å². The van der Waals surface area contributed by atoms with E-state index in [0.29, 0.717) is 5.92 Å². The van der Waals surface area contributed by atoms with Crippen LogP contribution in [0.3, 0.4) is 0 Å². The van der Waals surface area contributed by atoms with Gasteiger partial charge in [0.15, 0.2) is 0 Å². The molecule has 1 rings (SSSR count). The van der Waals surface area contributed by atoms with E-state index in [9.17, 15) is 4.79 Å². The van der Waals surface area contributed by atoms with Gasteiger partial charge >= 0.3 is 0 Å². The number of aromatic nitrogens is 1. The molecule has 0 aliphatic rings. The molecule has 0 fully saturated rings. The SMILES string of the molecule is CCCn1cc(NCCC(C)C)ccc1=O. The van der Waals surface area contributed by atoms with Crippen LogP contribution in [0.25, 0.3) is 0 Å². The van der Waals surface area contributed by atoms with E-state index in [1.165, 1.54) is 0 Å². The van der Waals surface area contributed by atoms with E-state index in [0.717, 1.165) is 31.6 Å². The highest BCUT2D eigenvalue weighted by Crippen LogP contribution is 2.05. The van der Waals surface area contributed by atoms with E-state index in [1.54, 1.807) is 10.6 Å². The van der Waals surface area contributed by atoms with Crippen LogP contribution in [0, 0.1) is 5.92 Å². The van der Waals surface area contributed by atoms with Crippen molar-refractivity contribution in [2.24, 2.45) is 5.92 Å². The standard InChI is InChI=1S/C13H22N2O/c1-4-9-15-10-12(5-6-13(15)16)14-8-7-11(2)3/h5-6,10-11,14H,4,7-9H2,1-3H3. The van der Waals surface area contributed by atoms with Crippen molar-refractivity contribution >= 4 is 5.69 Å². The topological polar surface area (TPSA) is 34.0 Å². The maximum Gasteiger partial charge on any atom is 0.250 e. The zero-order valence-electron chi connectivity index (χ0n) is 10.5. The Morgan fingerprint density at radius 2 is 2.12 bits per heavy atom. The average molecular weight is 222 g/mol. The number of hydrogen-bond acceptors (Lipinski definition) is 2. The van der Waals surface area contributed by atoms with Gasteiger partial charge in [-0.2, -0.15) is 0 Å². The second-order valence-electron chi connectivity index (χ2n) is 4.56. The van der Waals surface area contributed by atoms with Gasteiger partial charge in [0.1, 0.15) is 0 Å². The predicted molar refractivity (Wildman–Crippen MR) is 68.9 cm³/mol. The van der Waals surface area contributed by atoms with Gasteiger partial charge in [0.05, 0.1) is 5.69 Å². The number of nitrogens with zero attached hydrogens (tertiary/aromatic N) is 1. The molecule has 0 saturated carbocycles. The van der Waals surface area contributed by atoms with Gasteiger partial charge in [0.25, 0.3) is 5.56 Å². The van der Waals surface area contributed by atoms with Crippen molar-refractivity contribution < 1.29 is 0 Å². The van der Waals surface area contributed by atoms with E-state index in [4.69, 9.17) is 0 Å². The summed E-state index contributed by atoms with van der Waals surface area (Å²) in [5, 5.41) is 3.34. The molecule has 0 radical (unpaired) electrons. The highest BCUT2D eigenvalue weighted by Gasteiger charge is 1.98. The Labute approximate surface area is 97.5 Å². The van der Waals surface area contributed by atoms with Gasteiger partial charge in [0.2, 0.25) is 0 Å². The molecule has 3 heteroatoms. The van der Waals surface area contributed by atoms with Crippen molar-refractivity contribution in [2.75, 3.05) is 11.9 Å². The number of nitrogens with one attached hydrogen (secondary N) is 1. The Morgan fingerprint density at radius 1 is 1.38 bits per heavy atom. The number of rotatable bonds is 6. The summed E-state index contributed by atoms with van der Waals surface area (Å²) in [6.07, 6.45) is 4.04. The Kier molecular flexibility index (Phi) is 5.09. The third kappa shape index (κ3) is 4.09. The van der Waals surface area contributed by atoms with Crippen LogP contribution in [0.2, 0.25) is 0 Å². The molecule has 0 bridgehead atoms. The summed E-state index contributed by atoms with van der Waals surface area (Å²) >= 11 is 0. The van der Waals surface area contributed by atoms with Crippen LogP contribution in [-0.2, 0) is 6.54 Å². The molecule has 1 heterocycles. The Bertz CT molecular complexity index is 368. The highest BCUT2D eigenvalue weighted by molar-refractivity contribution is 5.40. The minimum atomic E-state index is 0.0799. The predicted octanol–water partition coefficient (Wildman–Crippen LogP) is 2.72. The summed E-state index contributed by atoms with van der Waals surface area (Å²) in [6, 6.07) is 3.49. The van der Waals surface area contributed by atoms with Crippen LogP contribution in [0.5, 0.6) is 0 Å². The summed E-state index contributed by atoms with van der Waals surface area (Å²) in [4.78, 5) is 11.5. The normalized spacial score (nSPS) is 10.8. The number of pyridine rings is 1. The second-order valence-corrected chi connectivity index (χ2v) is 4.56. The van der Waals surface area contributed by atoms with E-state index in [1.807, 2.05) is 12.3 Å². The van der Waals surface area contributed by atoms with Gasteiger partial charge in [-0.3, -0.25) is 4.79 Å². The number of aryl methyl sites for hydroxylation is 1. The molecule has 0 unspecified atom stereocenters. The van der Waals surface area contributed by atoms with Gasteiger partial charge in [-0.1, -0.05) is 20.8 Å². The average Bonchev–Trinajstić information content (AvgIpc) is 2.22. The molecule has 1 N–H and O–H groups in total. The summed E-state index contributed by atoms with van der Waals surface area (Å²) < 4.78 is 1.76. The van der Waals surface area contributed by atoms with E-state index >= 15 is 0 Å². The smallest absolute Gasteiger partial charge is 0.250 e. The minimum absolute atomic E-state index is 0.0799. The van der Waals surface area contributed by atoms with Gasteiger partial charge in [-0.15, -0.1) is 0 Å². The second kappa shape index (κ2) is 6.36. The molecule has 0 aliphatic carbocycles. The molecule has 1 aromatic rings. The first-order valence-electron chi connectivity index (χ1n) is 6.08. The third-order valence-electron chi connectivity index (χ3n) is 2.50. The highest BCUT2D eigenvalue weighted by atomic mass is 16.1. The Hall–Kier alpha value is -1.25. The molecule has 0 aliphatic heterocycles. The quantitative estimate of drug-likeness (QED) is 0.803. The van der Waals surface area contributed by atoms with Crippen LogP contribution >= 0.6 is 0 Å². The first-order valence-corrected chi connectivity index (χ1v) is 6.08. The third-order valence-corrected chi connectivity index (χ3v) is 2.50. The molecule has 3 nitrogen and oxygen atoms in total. The number of hydrogen-bond donors (Lipinski definition) is 1. The first-order chi connectivity index (χ1) is 7.63. The van der Waals surface area contributed by atoms with Gasteiger partial charge in [-0.05, 0) is 24.8 Å². The Morgan fingerprint density at radius 3 is 2.75 bits per heavy atom. The molecule has 90 valence electrons. The molecule has 0 spiro atoms. The monoisotopic (exact) mass is 222 g/mol. The fourth-order valence-corrected chi connectivity index (χ4v) is 1.56. The zero-order chi connectivity index (χ0) is 12.0. The van der Waals surface area contributed by atoms with Gasteiger partial charge < -0.3 is 9.88 Å². The van der Waals surface area contributed by atoms with Crippen molar-refractivity contribution in [3.63, 3.8) is 0 Å². The molecular weight excluding hydrogens is 200 g/mol. The molecule has 0 aromatic carbocycles. The van der Waals surface area contributed by atoms with E-state index in [2.05, 4.69) is 26.1 Å². The molecule has 0 saturated heterocycles. The van der Waals surface area contributed by atoms with Crippen LogP contribution in [0.4, 0.5) is 5.69 Å². The fraction of sp³-hybridized carbons (Fsp3) is 0.615.